The normalized spacial score (nSPS) is 18.5. The van der Waals surface area contributed by atoms with Crippen molar-refractivity contribution in [2.24, 2.45) is 0 Å². The van der Waals surface area contributed by atoms with Crippen molar-refractivity contribution in [2.75, 3.05) is 26.9 Å². The quantitative estimate of drug-likeness (QED) is 0.804. The molecule has 1 aliphatic rings. The minimum Gasteiger partial charge on any atom is -0.376 e. The SMILES string of the molecule is Cc1cc(CN(C)C(=O)COCC2CCCCO2)ccn1. The number of carbonyl (C=O) groups is 1. The summed E-state index contributed by atoms with van der Waals surface area (Å²) in [6.45, 7) is 3.95. The number of ether oxygens (including phenoxy) is 2. The molecule has 1 aromatic heterocycles. The monoisotopic (exact) mass is 292 g/mol. The van der Waals surface area contributed by atoms with Crippen molar-refractivity contribution in [2.45, 2.75) is 38.8 Å². The fourth-order valence-corrected chi connectivity index (χ4v) is 2.39. The van der Waals surface area contributed by atoms with Gasteiger partial charge in [-0.25, -0.2) is 0 Å². The number of carbonyl (C=O) groups excluding carboxylic acids is 1. The molecule has 1 saturated heterocycles. The lowest BCUT2D eigenvalue weighted by atomic mass is 10.1. The highest BCUT2D eigenvalue weighted by molar-refractivity contribution is 5.77. The fraction of sp³-hybridized carbons (Fsp3) is 0.625. The van der Waals surface area contributed by atoms with Gasteiger partial charge in [-0.2, -0.15) is 0 Å². The third-order valence-electron chi connectivity index (χ3n) is 3.61. The summed E-state index contributed by atoms with van der Waals surface area (Å²) in [7, 11) is 1.79. The third kappa shape index (κ3) is 5.44. The number of hydrogen-bond donors (Lipinski definition) is 0. The Labute approximate surface area is 126 Å². The molecule has 0 radical (unpaired) electrons. The van der Waals surface area contributed by atoms with E-state index in [2.05, 4.69) is 4.98 Å². The van der Waals surface area contributed by atoms with Crippen LogP contribution in [-0.4, -0.2) is 48.8 Å². The first-order chi connectivity index (χ1) is 10.1. The van der Waals surface area contributed by atoms with Crippen LogP contribution in [-0.2, 0) is 20.8 Å². The first-order valence-corrected chi connectivity index (χ1v) is 7.50. The molecule has 2 rings (SSSR count). The summed E-state index contributed by atoms with van der Waals surface area (Å²) < 4.78 is 11.1. The number of amides is 1. The molecule has 0 spiro atoms. The van der Waals surface area contributed by atoms with Gasteiger partial charge < -0.3 is 14.4 Å². The summed E-state index contributed by atoms with van der Waals surface area (Å²) in [4.78, 5) is 17.8. The maximum Gasteiger partial charge on any atom is 0.248 e. The molecule has 0 aliphatic carbocycles. The van der Waals surface area contributed by atoms with E-state index in [1.165, 1.54) is 6.42 Å². The van der Waals surface area contributed by atoms with Crippen molar-refractivity contribution in [3.8, 4) is 0 Å². The summed E-state index contributed by atoms with van der Waals surface area (Å²) in [6.07, 6.45) is 5.26. The Morgan fingerprint density at radius 2 is 2.38 bits per heavy atom. The second kappa shape index (κ2) is 8.10. The van der Waals surface area contributed by atoms with E-state index in [-0.39, 0.29) is 18.6 Å². The maximum absolute atomic E-state index is 12.0. The van der Waals surface area contributed by atoms with Crippen LogP contribution in [0.15, 0.2) is 18.3 Å². The van der Waals surface area contributed by atoms with Gasteiger partial charge in [-0.3, -0.25) is 9.78 Å². The van der Waals surface area contributed by atoms with Crippen molar-refractivity contribution in [1.29, 1.82) is 0 Å². The van der Waals surface area contributed by atoms with Crippen LogP contribution in [0.2, 0.25) is 0 Å². The lowest BCUT2D eigenvalue weighted by Crippen LogP contribution is -2.32. The molecule has 1 aromatic rings. The predicted molar refractivity (Wildman–Crippen MR) is 79.9 cm³/mol. The van der Waals surface area contributed by atoms with Crippen LogP contribution in [0.4, 0.5) is 0 Å². The number of nitrogens with zero attached hydrogens (tertiary/aromatic N) is 2. The molecule has 1 fully saturated rings. The molecule has 5 heteroatoms. The Balaban J connectivity index is 1.69. The highest BCUT2D eigenvalue weighted by Crippen LogP contribution is 2.12. The van der Waals surface area contributed by atoms with E-state index in [1.54, 1.807) is 18.1 Å². The van der Waals surface area contributed by atoms with E-state index in [0.29, 0.717) is 13.2 Å². The number of aryl methyl sites for hydroxylation is 1. The van der Waals surface area contributed by atoms with Gasteiger partial charge in [-0.15, -0.1) is 0 Å². The predicted octanol–water partition coefficient (Wildman–Crippen LogP) is 1.93. The lowest BCUT2D eigenvalue weighted by Gasteiger charge is -2.23. The van der Waals surface area contributed by atoms with Gasteiger partial charge in [0.15, 0.2) is 0 Å². The Bertz CT molecular complexity index is 459. The first kappa shape index (κ1) is 15.9. The zero-order valence-electron chi connectivity index (χ0n) is 12.9. The van der Waals surface area contributed by atoms with E-state index < -0.39 is 0 Å². The van der Waals surface area contributed by atoms with E-state index in [9.17, 15) is 4.79 Å². The molecule has 5 nitrogen and oxygen atoms in total. The molecule has 1 unspecified atom stereocenters. The Morgan fingerprint density at radius 1 is 1.52 bits per heavy atom. The molecule has 0 aromatic carbocycles. The van der Waals surface area contributed by atoms with Gasteiger partial charge in [0, 0.05) is 32.1 Å². The molecule has 1 atom stereocenters. The molecule has 116 valence electrons. The molecule has 2 heterocycles. The van der Waals surface area contributed by atoms with Gasteiger partial charge in [0.2, 0.25) is 5.91 Å². The number of rotatable bonds is 6. The molecular weight excluding hydrogens is 268 g/mol. The second-order valence-corrected chi connectivity index (χ2v) is 5.56. The van der Waals surface area contributed by atoms with Crippen molar-refractivity contribution in [1.82, 2.24) is 9.88 Å². The van der Waals surface area contributed by atoms with Crippen LogP contribution in [0, 0.1) is 6.92 Å². The van der Waals surface area contributed by atoms with E-state index in [1.807, 2.05) is 19.1 Å². The van der Waals surface area contributed by atoms with Crippen LogP contribution in [0.3, 0.4) is 0 Å². The van der Waals surface area contributed by atoms with Crippen molar-refractivity contribution in [3.63, 3.8) is 0 Å². The first-order valence-electron chi connectivity index (χ1n) is 7.50. The average Bonchev–Trinajstić information content (AvgIpc) is 2.48. The van der Waals surface area contributed by atoms with Gasteiger partial charge in [-0.05, 0) is 43.9 Å². The number of aromatic nitrogens is 1. The van der Waals surface area contributed by atoms with E-state index in [4.69, 9.17) is 9.47 Å². The molecule has 0 saturated carbocycles. The Hall–Kier alpha value is -1.46. The van der Waals surface area contributed by atoms with Crippen LogP contribution in [0.5, 0.6) is 0 Å². The smallest absolute Gasteiger partial charge is 0.248 e. The van der Waals surface area contributed by atoms with Crippen molar-refractivity contribution >= 4 is 5.91 Å². The fourth-order valence-electron chi connectivity index (χ4n) is 2.39. The van der Waals surface area contributed by atoms with Gasteiger partial charge in [-0.1, -0.05) is 0 Å². The van der Waals surface area contributed by atoms with Crippen molar-refractivity contribution < 1.29 is 14.3 Å². The number of hydrogen-bond acceptors (Lipinski definition) is 4. The van der Waals surface area contributed by atoms with Gasteiger partial charge in [0.25, 0.3) is 0 Å². The minimum atomic E-state index is -0.0136. The van der Waals surface area contributed by atoms with E-state index >= 15 is 0 Å². The topological polar surface area (TPSA) is 51.7 Å². The molecular formula is C16H24N2O3. The average molecular weight is 292 g/mol. The second-order valence-electron chi connectivity index (χ2n) is 5.56. The van der Waals surface area contributed by atoms with Gasteiger partial charge >= 0.3 is 0 Å². The van der Waals surface area contributed by atoms with Crippen molar-refractivity contribution in [3.05, 3.63) is 29.6 Å². The summed E-state index contributed by atoms with van der Waals surface area (Å²) in [5.41, 5.74) is 2.04. The summed E-state index contributed by atoms with van der Waals surface area (Å²) in [5, 5.41) is 0. The number of likely N-dealkylation sites (N-methyl/N-ethyl adjacent to an activating group) is 1. The standard InChI is InChI=1S/C16H24N2O3/c1-13-9-14(6-7-17-13)10-18(2)16(19)12-20-11-15-5-3-4-8-21-15/h6-7,9,15H,3-5,8,10-12H2,1-2H3. The minimum absolute atomic E-state index is 0.0136. The summed E-state index contributed by atoms with van der Waals surface area (Å²) in [5.74, 6) is -0.0136. The van der Waals surface area contributed by atoms with Crippen LogP contribution < -0.4 is 0 Å². The zero-order valence-corrected chi connectivity index (χ0v) is 12.9. The molecule has 1 amide bonds. The van der Waals surface area contributed by atoms with Crippen LogP contribution in [0.1, 0.15) is 30.5 Å². The Kier molecular flexibility index (Phi) is 6.14. The summed E-state index contributed by atoms with van der Waals surface area (Å²) in [6, 6.07) is 3.91. The van der Waals surface area contributed by atoms with Crippen LogP contribution >= 0.6 is 0 Å². The lowest BCUT2D eigenvalue weighted by molar-refractivity contribution is -0.137. The highest BCUT2D eigenvalue weighted by atomic mass is 16.5. The molecule has 1 aliphatic heterocycles. The van der Waals surface area contributed by atoms with Crippen LogP contribution in [0.25, 0.3) is 0 Å². The number of pyridine rings is 1. The molecule has 0 bridgehead atoms. The summed E-state index contributed by atoms with van der Waals surface area (Å²) >= 11 is 0. The molecule has 21 heavy (non-hydrogen) atoms. The third-order valence-corrected chi connectivity index (χ3v) is 3.61. The Morgan fingerprint density at radius 3 is 3.10 bits per heavy atom. The molecule has 0 N–H and O–H groups in total. The largest absolute Gasteiger partial charge is 0.376 e. The van der Waals surface area contributed by atoms with E-state index in [0.717, 1.165) is 30.7 Å². The van der Waals surface area contributed by atoms with Gasteiger partial charge in [0.1, 0.15) is 6.61 Å². The van der Waals surface area contributed by atoms with Gasteiger partial charge in [0.05, 0.1) is 12.7 Å². The highest BCUT2D eigenvalue weighted by Gasteiger charge is 2.15. The maximum atomic E-state index is 12.0. The zero-order chi connectivity index (χ0) is 15.1.